The number of benzene rings is 1. The van der Waals surface area contributed by atoms with Gasteiger partial charge in [0.1, 0.15) is 0 Å². The van der Waals surface area contributed by atoms with Crippen molar-refractivity contribution in [2.75, 3.05) is 27.4 Å². The van der Waals surface area contributed by atoms with E-state index < -0.39 is 5.41 Å². The van der Waals surface area contributed by atoms with Crippen molar-refractivity contribution in [3.63, 3.8) is 0 Å². The zero-order chi connectivity index (χ0) is 15.2. The van der Waals surface area contributed by atoms with Gasteiger partial charge >= 0.3 is 0 Å². The van der Waals surface area contributed by atoms with E-state index in [1.807, 2.05) is 31.2 Å². The molecule has 110 valence electrons. The molecule has 20 heavy (non-hydrogen) atoms. The minimum Gasteiger partial charge on any atom is -0.376 e. The van der Waals surface area contributed by atoms with Crippen LogP contribution in [0.5, 0.6) is 0 Å². The highest BCUT2D eigenvalue weighted by Crippen LogP contribution is 2.29. The zero-order valence-corrected chi connectivity index (χ0v) is 13.6. The summed E-state index contributed by atoms with van der Waals surface area (Å²) in [5, 5.41) is 1.22. The van der Waals surface area contributed by atoms with Crippen molar-refractivity contribution in [3.8, 4) is 0 Å². The van der Waals surface area contributed by atoms with Gasteiger partial charge in [-0.05, 0) is 24.6 Å². The smallest absolute Gasteiger partial charge is 0.258 e. The minimum absolute atomic E-state index is 0.165. The summed E-state index contributed by atoms with van der Waals surface area (Å²) in [5.74, 6) is -0.165. The quantitative estimate of drug-likeness (QED) is 0.434. The predicted molar refractivity (Wildman–Crippen MR) is 82.3 cm³/mol. The van der Waals surface area contributed by atoms with E-state index in [4.69, 9.17) is 9.57 Å². The Hall–Kier alpha value is -1.17. The molecule has 0 saturated heterocycles. The lowest BCUT2D eigenvalue weighted by Gasteiger charge is -2.31. The Kier molecular flexibility index (Phi) is 6.39. The van der Waals surface area contributed by atoms with E-state index in [-0.39, 0.29) is 12.5 Å². The summed E-state index contributed by atoms with van der Waals surface area (Å²) in [6, 6.07) is 7.63. The van der Waals surface area contributed by atoms with Crippen molar-refractivity contribution in [1.29, 1.82) is 0 Å². The Balaban J connectivity index is 3.12. The second-order valence-corrected chi connectivity index (χ2v) is 5.55. The fourth-order valence-electron chi connectivity index (χ4n) is 1.88. The van der Waals surface area contributed by atoms with Gasteiger partial charge in [-0.15, -0.1) is 6.58 Å². The molecule has 0 fully saturated rings. The molecule has 0 aliphatic carbocycles. The molecule has 0 bridgehead atoms. The molecule has 5 heteroatoms. The van der Waals surface area contributed by atoms with Gasteiger partial charge in [0, 0.05) is 11.5 Å². The van der Waals surface area contributed by atoms with Gasteiger partial charge in [0.15, 0.2) is 0 Å². The molecular weight excluding hydrogens is 322 g/mol. The lowest BCUT2D eigenvalue weighted by atomic mass is 9.82. The van der Waals surface area contributed by atoms with E-state index in [9.17, 15) is 4.79 Å². The van der Waals surface area contributed by atoms with Crippen molar-refractivity contribution < 1.29 is 14.4 Å². The van der Waals surface area contributed by atoms with Crippen molar-refractivity contribution in [2.24, 2.45) is 0 Å². The largest absolute Gasteiger partial charge is 0.376 e. The van der Waals surface area contributed by atoms with E-state index in [0.717, 1.165) is 10.0 Å². The molecule has 1 rings (SSSR count). The normalized spacial score (nSPS) is 13.6. The Morgan fingerprint density at radius 2 is 2.25 bits per heavy atom. The fraction of sp³-hybridized carbons (Fsp3) is 0.400. The second-order valence-electron chi connectivity index (χ2n) is 4.63. The molecule has 0 saturated carbocycles. The lowest BCUT2D eigenvalue weighted by Crippen LogP contribution is -2.46. The summed E-state index contributed by atoms with van der Waals surface area (Å²) < 4.78 is 6.44. The number of hydroxylamine groups is 2. The van der Waals surface area contributed by atoms with Crippen LogP contribution in [0.4, 0.5) is 0 Å². The van der Waals surface area contributed by atoms with Gasteiger partial charge in [-0.1, -0.05) is 34.1 Å². The van der Waals surface area contributed by atoms with Crippen LogP contribution in [0, 0.1) is 0 Å². The summed E-state index contributed by atoms with van der Waals surface area (Å²) >= 11 is 3.43. The third kappa shape index (κ3) is 3.91. The van der Waals surface area contributed by atoms with Crippen LogP contribution in [-0.4, -0.2) is 38.3 Å². The summed E-state index contributed by atoms with van der Waals surface area (Å²) in [4.78, 5) is 17.6. The predicted octanol–water partition coefficient (Wildman–Crippen LogP) is 2.93. The SMILES string of the molecule is C=CCOCC(C)(C(=O)N(C)OC)c1cccc(Br)c1. The maximum absolute atomic E-state index is 12.6. The molecule has 1 amide bonds. The molecular formula is C15H20BrNO3. The third-order valence-corrected chi connectivity index (χ3v) is 3.61. The number of nitrogens with zero attached hydrogens (tertiary/aromatic N) is 1. The third-order valence-electron chi connectivity index (χ3n) is 3.12. The molecule has 0 heterocycles. The van der Waals surface area contributed by atoms with Crippen LogP contribution < -0.4 is 0 Å². The minimum atomic E-state index is -0.822. The zero-order valence-electron chi connectivity index (χ0n) is 12.1. The summed E-state index contributed by atoms with van der Waals surface area (Å²) in [6.07, 6.45) is 1.66. The molecule has 0 aliphatic rings. The molecule has 1 atom stereocenters. The van der Waals surface area contributed by atoms with Crippen molar-refractivity contribution >= 4 is 21.8 Å². The van der Waals surface area contributed by atoms with Gasteiger partial charge in [-0.3, -0.25) is 9.63 Å². The maximum Gasteiger partial charge on any atom is 0.258 e. The maximum atomic E-state index is 12.6. The first kappa shape index (κ1) is 16.9. The molecule has 0 aromatic heterocycles. The van der Waals surface area contributed by atoms with Gasteiger partial charge in [0.05, 0.1) is 25.7 Å². The molecule has 1 aromatic rings. The highest BCUT2D eigenvalue weighted by Gasteiger charge is 2.38. The van der Waals surface area contributed by atoms with Crippen LogP contribution >= 0.6 is 15.9 Å². The Morgan fingerprint density at radius 3 is 2.80 bits per heavy atom. The van der Waals surface area contributed by atoms with Crippen molar-refractivity contribution in [1.82, 2.24) is 5.06 Å². The number of ether oxygens (including phenoxy) is 1. The van der Waals surface area contributed by atoms with E-state index >= 15 is 0 Å². The number of halogens is 1. The van der Waals surface area contributed by atoms with Crippen LogP contribution in [0.15, 0.2) is 41.4 Å². The number of carbonyl (C=O) groups excluding carboxylic acids is 1. The Bertz CT molecular complexity index is 478. The average Bonchev–Trinajstić information content (AvgIpc) is 2.45. The van der Waals surface area contributed by atoms with Gasteiger partial charge in [-0.25, -0.2) is 5.06 Å². The number of amides is 1. The van der Waals surface area contributed by atoms with Crippen molar-refractivity contribution in [3.05, 3.63) is 47.0 Å². The van der Waals surface area contributed by atoms with Crippen LogP contribution in [0.2, 0.25) is 0 Å². The molecule has 1 aromatic carbocycles. The number of hydrogen-bond donors (Lipinski definition) is 0. The monoisotopic (exact) mass is 341 g/mol. The topological polar surface area (TPSA) is 38.8 Å². The highest BCUT2D eigenvalue weighted by atomic mass is 79.9. The molecule has 0 radical (unpaired) electrons. The Labute approximate surface area is 128 Å². The highest BCUT2D eigenvalue weighted by molar-refractivity contribution is 9.10. The standard InChI is InChI=1S/C15H20BrNO3/c1-5-9-20-11-15(2,14(18)17(3)19-4)12-7-6-8-13(16)10-12/h5-8,10H,1,9,11H2,2-4H3. The number of hydrogen-bond acceptors (Lipinski definition) is 3. The van der Waals surface area contributed by atoms with Gasteiger partial charge in [-0.2, -0.15) is 0 Å². The van der Waals surface area contributed by atoms with Gasteiger partial charge < -0.3 is 4.74 Å². The number of likely N-dealkylation sites (N-methyl/N-ethyl adjacent to an activating group) is 1. The first-order valence-corrected chi connectivity index (χ1v) is 7.02. The van der Waals surface area contributed by atoms with E-state index in [1.54, 1.807) is 13.1 Å². The lowest BCUT2D eigenvalue weighted by molar-refractivity contribution is -0.177. The first-order valence-electron chi connectivity index (χ1n) is 6.22. The second kappa shape index (κ2) is 7.57. The van der Waals surface area contributed by atoms with Crippen LogP contribution in [0.25, 0.3) is 0 Å². The van der Waals surface area contributed by atoms with E-state index in [0.29, 0.717) is 6.61 Å². The van der Waals surface area contributed by atoms with E-state index in [2.05, 4.69) is 22.5 Å². The van der Waals surface area contributed by atoms with E-state index in [1.165, 1.54) is 12.2 Å². The Morgan fingerprint density at radius 1 is 1.55 bits per heavy atom. The van der Waals surface area contributed by atoms with Crippen LogP contribution in [-0.2, 0) is 19.8 Å². The number of carbonyl (C=O) groups is 1. The fourth-order valence-corrected chi connectivity index (χ4v) is 2.28. The average molecular weight is 342 g/mol. The first-order chi connectivity index (χ1) is 9.45. The summed E-state index contributed by atoms with van der Waals surface area (Å²) in [7, 11) is 3.05. The van der Waals surface area contributed by atoms with Crippen molar-refractivity contribution in [2.45, 2.75) is 12.3 Å². The molecule has 4 nitrogen and oxygen atoms in total. The van der Waals surface area contributed by atoms with Gasteiger partial charge in [0.25, 0.3) is 5.91 Å². The summed E-state index contributed by atoms with van der Waals surface area (Å²) in [6.45, 7) is 6.10. The van der Waals surface area contributed by atoms with Crippen LogP contribution in [0.1, 0.15) is 12.5 Å². The molecule has 0 aliphatic heterocycles. The molecule has 1 unspecified atom stereocenters. The van der Waals surface area contributed by atoms with Crippen LogP contribution in [0.3, 0.4) is 0 Å². The van der Waals surface area contributed by atoms with Gasteiger partial charge in [0.2, 0.25) is 0 Å². The molecule has 0 N–H and O–H groups in total. The summed E-state index contributed by atoms with van der Waals surface area (Å²) in [5.41, 5.74) is 0.0437. The number of rotatable bonds is 7. The molecule has 0 spiro atoms.